The van der Waals surface area contributed by atoms with E-state index >= 15 is 8.78 Å². The zero-order chi connectivity index (χ0) is 24.3. The summed E-state index contributed by atoms with van der Waals surface area (Å²) in [4.78, 5) is 4.24. The molecule has 0 unspecified atom stereocenters. The second kappa shape index (κ2) is 8.62. The van der Waals surface area contributed by atoms with Gasteiger partial charge in [-0.25, -0.2) is 8.78 Å². The Morgan fingerprint density at radius 2 is 1.19 bits per heavy atom. The maximum Gasteiger partial charge on any atom is 0.151 e. The lowest BCUT2D eigenvalue weighted by Crippen LogP contribution is -2.45. The molecule has 6 bridgehead atoms. The first-order chi connectivity index (χ1) is 17.6. The SMILES string of the molecule is Fc1cc(N2[C@H]3CC[C@H]2c2ccc(cc2)Nc2ccc3cc2)cc(F)c1N1CC[Si]2(CCCC2)CC1. The third-order valence-electron chi connectivity index (χ3n) is 9.37. The lowest BCUT2D eigenvalue weighted by Gasteiger charge is -2.39. The van der Waals surface area contributed by atoms with Crippen LogP contribution in [0.1, 0.15) is 48.9 Å². The van der Waals surface area contributed by atoms with Crippen LogP contribution in [0.15, 0.2) is 60.7 Å². The van der Waals surface area contributed by atoms with Gasteiger partial charge in [0.25, 0.3) is 0 Å². The Kier molecular flexibility index (Phi) is 5.35. The van der Waals surface area contributed by atoms with Crippen LogP contribution >= 0.6 is 0 Å². The summed E-state index contributed by atoms with van der Waals surface area (Å²) in [5.41, 5.74) is 5.28. The smallest absolute Gasteiger partial charge is 0.151 e. The molecule has 2 atom stereocenters. The standard InChI is InChI=1S/C30H33F2N3Si/c31-26-19-25(20-27(32)30(26)34-13-17-36(18-14-34)15-1-2-16-36)35-28-11-12-29(35)22-5-9-24(10-6-22)33-23-7-3-21(28)4-8-23/h3-10,19-20,28-29,33H,1-2,11-18H2/t28-,29-/m0/s1. The number of hydrogen-bond donors (Lipinski definition) is 1. The van der Waals surface area contributed by atoms with Gasteiger partial charge in [0.1, 0.15) is 5.69 Å². The monoisotopic (exact) mass is 501 g/mol. The van der Waals surface area contributed by atoms with Gasteiger partial charge in [0, 0.05) is 30.2 Å². The summed E-state index contributed by atoms with van der Waals surface area (Å²) in [5, 5.41) is 3.45. The molecular weight excluding hydrogens is 468 g/mol. The summed E-state index contributed by atoms with van der Waals surface area (Å²) in [7, 11) is -1.15. The molecule has 0 radical (unpaired) electrons. The number of benzene rings is 3. The molecule has 7 heterocycles. The van der Waals surface area contributed by atoms with Crippen LogP contribution in [0.2, 0.25) is 24.2 Å². The van der Waals surface area contributed by atoms with Gasteiger partial charge >= 0.3 is 0 Å². The van der Waals surface area contributed by atoms with Gasteiger partial charge < -0.3 is 15.1 Å². The fraction of sp³-hybridized carbons (Fsp3) is 0.400. The molecule has 7 aliphatic heterocycles. The van der Waals surface area contributed by atoms with E-state index in [9.17, 15) is 0 Å². The van der Waals surface area contributed by atoms with Crippen molar-refractivity contribution >= 4 is 30.8 Å². The zero-order valence-electron chi connectivity index (χ0n) is 20.6. The zero-order valence-corrected chi connectivity index (χ0v) is 21.6. The molecule has 6 heteroatoms. The summed E-state index contributed by atoms with van der Waals surface area (Å²) in [6.45, 7) is 1.61. The molecule has 3 saturated heterocycles. The Morgan fingerprint density at radius 1 is 0.694 bits per heavy atom. The van der Waals surface area contributed by atoms with E-state index in [0.29, 0.717) is 5.69 Å². The van der Waals surface area contributed by atoms with Crippen molar-refractivity contribution < 1.29 is 8.78 Å². The minimum absolute atomic E-state index is 0.0796. The second-order valence-electron chi connectivity index (χ2n) is 11.3. The van der Waals surface area contributed by atoms with E-state index in [2.05, 4.69) is 58.7 Å². The van der Waals surface area contributed by atoms with Crippen LogP contribution in [0.4, 0.5) is 31.5 Å². The van der Waals surface area contributed by atoms with Gasteiger partial charge in [-0.15, -0.1) is 0 Å². The average Bonchev–Trinajstić information content (AvgIpc) is 3.53. The summed E-state index contributed by atoms with van der Waals surface area (Å²) < 4.78 is 31.5. The highest BCUT2D eigenvalue weighted by molar-refractivity contribution is 6.80. The number of halogens is 2. The van der Waals surface area contributed by atoms with E-state index < -0.39 is 19.7 Å². The van der Waals surface area contributed by atoms with E-state index in [1.165, 1.54) is 48.1 Å². The quantitative estimate of drug-likeness (QED) is 0.357. The summed E-state index contributed by atoms with van der Waals surface area (Å²) in [6, 6.07) is 25.5. The number of anilines is 4. The van der Waals surface area contributed by atoms with Crippen LogP contribution in [0.25, 0.3) is 0 Å². The van der Waals surface area contributed by atoms with Crippen molar-refractivity contribution in [2.24, 2.45) is 0 Å². The van der Waals surface area contributed by atoms with Gasteiger partial charge in [-0.3, -0.25) is 0 Å². The second-order valence-corrected chi connectivity index (χ2v) is 16.3. The highest BCUT2D eigenvalue weighted by Crippen LogP contribution is 2.49. The topological polar surface area (TPSA) is 18.5 Å². The van der Waals surface area contributed by atoms with E-state index in [4.69, 9.17) is 0 Å². The molecule has 3 nitrogen and oxygen atoms in total. The summed E-state index contributed by atoms with van der Waals surface area (Å²) in [6.07, 6.45) is 4.62. The predicted molar refractivity (Wildman–Crippen MR) is 146 cm³/mol. The van der Waals surface area contributed by atoms with E-state index in [-0.39, 0.29) is 17.8 Å². The highest BCUT2D eigenvalue weighted by atomic mass is 28.3. The van der Waals surface area contributed by atoms with Crippen molar-refractivity contribution in [2.45, 2.75) is 61.9 Å². The fourth-order valence-corrected chi connectivity index (χ4v) is 12.4. The van der Waals surface area contributed by atoms with Gasteiger partial charge in [-0.1, -0.05) is 49.2 Å². The Bertz CT molecular complexity index is 1180. The van der Waals surface area contributed by atoms with Gasteiger partial charge in [-0.05, 0) is 72.5 Å². The van der Waals surface area contributed by atoms with Gasteiger partial charge in [0.2, 0.25) is 0 Å². The molecule has 0 saturated carbocycles. The number of nitrogens with zero attached hydrogens (tertiary/aromatic N) is 2. The minimum atomic E-state index is -1.15. The first kappa shape index (κ1) is 22.3. The van der Waals surface area contributed by atoms with E-state index in [1.807, 2.05) is 4.90 Å². The van der Waals surface area contributed by atoms with Crippen LogP contribution in [-0.2, 0) is 0 Å². The molecule has 36 heavy (non-hydrogen) atoms. The molecule has 0 amide bonds. The lowest BCUT2D eigenvalue weighted by molar-refractivity contribution is 0.566. The molecule has 3 aromatic rings. The number of hydrogen-bond acceptors (Lipinski definition) is 3. The molecule has 3 fully saturated rings. The third-order valence-corrected chi connectivity index (χ3v) is 14.8. The minimum Gasteiger partial charge on any atom is -0.367 e. The number of nitrogens with one attached hydrogen (secondary N) is 1. The van der Waals surface area contributed by atoms with Crippen molar-refractivity contribution in [3.05, 3.63) is 83.4 Å². The van der Waals surface area contributed by atoms with Crippen LogP contribution in [-0.4, -0.2) is 21.2 Å². The normalized spacial score (nSPS) is 24.2. The predicted octanol–water partition coefficient (Wildman–Crippen LogP) is 8.17. The third kappa shape index (κ3) is 3.72. The van der Waals surface area contributed by atoms with Crippen LogP contribution < -0.4 is 15.1 Å². The Hall–Kier alpha value is -2.86. The molecule has 0 aromatic heterocycles. The van der Waals surface area contributed by atoms with Gasteiger partial charge in [0.05, 0.1) is 20.2 Å². The van der Waals surface area contributed by atoms with Crippen molar-refractivity contribution in [3.63, 3.8) is 0 Å². The molecule has 10 rings (SSSR count). The maximum atomic E-state index is 15.7. The summed E-state index contributed by atoms with van der Waals surface area (Å²) >= 11 is 0. The largest absolute Gasteiger partial charge is 0.367 e. The Morgan fingerprint density at radius 3 is 1.69 bits per heavy atom. The molecule has 1 N–H and O–H groups in total. The maximum absolute atomic E-state index is 15.7. The number of rotatable bonds is 2. The average molecular weight is 502 g/mol. The molecule has 3 aromatic carbocycles. The van der Waals surface area contributed by atoms with Crippen molar-refractivity contribution in [1.82, 2.24) is 0 Å². The van der Waals surface area contributed by atoms with Crippen molar-refractivity contribution in [1.29, 1.82) is 0 Å². The highest BCUT2D eigenvalue weighted by Gasteiger charge is 2.40. The van der Waals surface area contributed by atoms with Crippen molar-refractivity contribution in [3.8, 4) is 0 Å². The van der Waals surface area contributed by atoms with Gasteiger partial charge in [-0.2, -0.15) is 0 Å². The van der Waals surface area contributed by atoms with E-state index in [0.717, 1.165) is 37.3 Å². The fourth-order valence-electron chi connectivity index (χ4n) is 7.40. The Balaban J connectivity index is 1.25. The molecule has 1 spiro atoms. The van der Waals surface area contributed by atoms with Crippen molar-refractivity contribution in [2.75, 3.05) is 28.2 Å². The first-order valence-corrected chi connectivity index (χ1v) is 16.4. The van der Waals surface area contributed by atoms with Crippen LogP contribution in [0.3, 0.4) is 0 Å². The first-order valence-electron chi connectivity index (χ1n) is 13.6. The van der Waals surface area contributed by atoms with Gasteiger partial charge in [0.15, 0.2) is 11.6 Å². The molecule has 186 valence electrons. The molecule has 0 aliphatic carbocycles. The molecule has 7 aliphatic rings. The lowest BCUT2D eigenvalue weighted by atomic mass is 10.0. The Labute approximate surface area is 213 Å². The van der Waals surface area contributed by atoms with Crippen LogP contribution in [0, 0.1) is 11.6 Å². The van der Waals surface area contributed by atoms with Crippen LogP contribution in [0.5, 0.6) is 0 Å². The van der Waals surface area contributed by atoms with E-state index in [1.54, 1.807) is 12.1 Å². The molecular formula is C30H33F2N3Si. The summed E-state index contributed by atoms with van der Waals surface area (Å²) in [5.74, 6) is -0.844.